The van der Waals surface area contributed by atoms with Crippen molar-refractivity contribution in [1.82, 2.24) is 42.5 Å². The van der Waals surface area contributed by atoms with Gasteiger partial charge in [-0.2, -0.15) is 0 Å². The zero-order valence-electron chi connectivity index (χ0n) is 84.8. The predicted molar refractivity (Wildman–Crippen MR) is 524 cm³/mol. The number of benzene rings is 4. The SMILES string of the molecule is CCC1OC(=O)[C@H](C)C(=O)[C@H](C)[C@@H](OC2O[C@H](C)C[C@H](N(C)C)[C@H]2OC(=O)c2ccccc2)[C@@](C)(OC)C[C@@H](C)C(=O)[C@H](C)C2N(CCCCN/C=C(\N)c3cccc(N)c3)C(=O)O[C@]12C.CCC1OC(=O)[C@H](C)[C@@H](O)[C@H](C)[C@@H](OC2O[C@H](C)C[C@H](N(C)C)[C@H]2OC(=O)c2ccccc2)[C@@](C)(OC)C[C@@H](C)C(=O)[C@H](C)C2N(CCCCN/C=C(\N)c3cccc(N)c3)C(=O)O[C@]12C.N.N.O.O.O.O. The molecule has 38 nitrogen and oxygen atoms in total. The van der Waals surface area contributed by atoms with E-state index in [4.69, 9.17) is 79.8 Å². The summed E-state index contributed by atoms with van der Waals surface area (Å²) >= 11 is 0. The molecule has 0 spiro atoms. The first-order chi connectivity index (χ1) is 62.3. The number of rotatable bonds is 28. The largest absolute Gasteiger partial charge is 0.458 e. The van der Waals surface area contributed by atoms with Gasteiger partial charge in [0.1, 0.15) is 29.7 Å². The number of cyclic esters (lactones) is 2. The minimum Gasteiger partial charge on any atom is -0.458 e. The summed E-state index contributed by atoms with van der Waals surface area (Å²) in [5.41, 5.74) is 23.4. The molecular weight excluding hydrogens is 1790 g/mol. The van der Waals surface area contributed by atoms with Gasteiger partial charge in [0, 0.05) is 111 Å². The van der Waals surface area contributed by atoms with Gasteiger partial charge in [0.25, 0.3) is 0 Å². The Hall–Kier alpha value is -10.0. The zero-order valence-corrected chi connectivity index (χ0v) is 84.8. The molecule has 2 amide bonds. The first-order valence-corrected chi connectivity index (χ1v) is 46.7. The number of nitrogens with two attached hydrogens (primary N) is 4. The average molecular weight is 1950 g/mol. The Kier molecular flexibility index (Phi) is 47.4. The summed E-state index contributed by atoms with van der Waals surface area (Å²) in [6.45, 7) is 29.7. The molecule has 6 heterocycles. The number of unbranched alkanes of at least 4 members (excludes halogenated alkanes) is 2. The Balaban J connectivity index is 0.000000681. The number of likely N-dealkylation sites (N-methyl/N-ethyl adjacent to an activating group) is 2. The summed E-state index contributed by atoms with van der Waals surface area (Å²) in [5.74, 6) is -10.6. The van der Waals surface area contributed by atoms with Gasteiger partial charge in [-0.05, 0) is 196 Å². The second-order valence-corrected chi connectivity index (χ2v) is 38.2. The lowest BCUT2D eigenvalue weighted by atomic mass is 9.73. The lowest BCUT2D eigenvalue weighted by Crippen LogP contribution is -2.61. The first-order valence-electron chi connectivity index (χ1n) is 46.7. The topological polar surface area (TPSA) is 622 Å². The van der Waals surface area contributed by atoms with Crippen LogP contribution in [0.25, 0.3) is 11.4 Å². The normalized spacial score (nSPS) is 32.8. The standard InChI is InChI=1S/C50H75N5O11.C50H73N5O11.2H3N.4H2O/c2*1-12-39-50(8)43(55(48(60)66-50)24-17-16-23-53-28-37(52)35-21-18-22-36(51)26-35)31(4)40(56)29(2)27-49(7,61-11)44(32(5)41(57)33(6)45(58)63-39)65-47-42(38(54(9)10)25-30(3)62-47)64-46(59)34-19-14-13-15-20-34;;;;;;/h13-15,18-22,26,28-33,38-39,41-44,47,53,57H,12,16-17,23-25,27,51-52H2,1-11H3;13-15,18-22,26,28-33,38-39,42-44,47,53H,12,16-17,23-25,27,51-52H2,1-11H3;2*1H3;4*1H2/b2*37-28-;;;;;;/t29-,30-,31+,32+,33-,38+,39?,41+,42-,43?,44-,47?,49+,50-;29-,30-,31+,32+,33-,38+,39?,42-,43?,44-,47?,49+,50-;;;;;;/m11....../s1. The van der Waals surface area contributed by atoms with Crippen molar-refractivity contribution in [2.24, 2.45) is 58.8 Å². The molecule has 27 atom stereocenters. The summed E-state index contributed by atoms with van der Waals surface area (Å²) in [7, 11) is 10.6. The van der Waals surface area contributed by atoms with E-state index in [-0.39, 0.29) is 109 Å². The van der Waals surface area contributed by atoms with E-state index in [0.29, 0.717) is 85.5 Å². The Morgan fingerprint density at radius 2 is 0.862 bits per heavy atom. The van der Waals surface area contributed by atoms with Crippen molar-refractivity contribution in [1.29, 1.82) is 0 Å². The number of methoxy groups -OCH3 is 2. The number of ketones is 3. The van der Waals surface area contributed by atoms with Crippen molar-refractivity contribution < 1.29 is 127 Å². The van der Waals surface area contributed by atoms with Crippen molar-refractivity contribution in [2.45, 2.75) is 289 Å². The number of aliphatic hydroxyl groups is 1. The fourth-order valence-corrected chi connectivity index (χ4v) is 20.3. The van der Waals surface area contributed by atoms with Gasteiger partial charge in [-0.1, -0.05) is 116 Å². The van der Waals surface area contributed by atoms with Crippen LogP contribution in [0.5, 0.6) is 0 Å². The monoisotopic (exact) mass is 1950 g/mol. The third-order valence-corrected chi connectivity index (χ3v) is 27.9. The van der Waals surface area contributed by atoms with Crippen LogP contribution in [0.1, 0.15) is 207 Å². The Morgan fingerprint density at radius 3 is 1.22 bits per heavy atom. The molecule has 25 N–H and O–H groups in total. The number of hydrogen-bond acceptors (Lipinski definition) is 32. The summed E-state index contributed by atoms with van der Waals surface area (Å²) in [6, 6.07) is 29.5. The number of nitrogens with zero attached hydrogens (tertiary/aromatic N) is 4. The quantitative estimate of drug-likeness (QED) is 0.00843. The van der Waals surface area contributed by atoms with Gasteiger partial charge in [0.2, 0.25) is 0 Å². The molecular formula is C100H162N12O26. The van der Waals surface area contributed by atoms with E-state index in [1.165, 1.54) is 21.1 Å². The molecule has 778 valence electrons. The molecule has 6 aliphatic rings. The molecule has 138 heavy (non-hydrogen) atoms. The maximum atomic E-state index is 14.9. The number of esters is 4. The molecule has 0 aromatic heterocycles. The van der Waals surface area contributed by atoms with Gasteiger partial charge in [0.05, 0.1) is 94.3 Å². The van der Waals surface area contributed by atoms with Gasteiger partial charge >= 0.3 is 36.1 Å². The third kappa shape index (κ3) is 28.7. The average Bonchev–Trinajstić information content (AvgIpc) is 1.58. The second-order valence-electron chi connectivity index (χ2n) is 38.2. The Morgan fingerprint density at radius 1 is 0.500 bits per heavy atom. The minimum atomic E-state index is -1.44. The van der Waals surface area contributed by atoms with Crippen LogP contribution in [0.4, 0.5) is 21.0 Å². The molecule has 0 bridgehead atoms. The molecule has 6 unspecified atom stereocenters. The number of nitrogen functional groups attached to an aromatic ring is 2. The number of amides is 2. The Labute approximate surface area is 813 Å². The minimum absolute atomic E-state index is 0. The van der Waals surface area contributed by atoms with E-state index in [0.717, 1.165) is 11.1 Å². The number of fused-ring (bicyclic) bond motifs is 2. The van der Waals surface area contributed by atoms with Gasteiger partial charge in [-0.3, -0.25) is 24.0 Å². The van der Waals surface area contributed by atoms with Gasteiger partial charge < -0.3 is 149 Å². The molecule has 0 radical (unpaired) electrons. The predicted octanol–water partition coefficient (Wildman–Crippen LogP) is 8.75. The van der Waals surface area contributed by atoms with Crippen molar-refractivity contribution >= 4 is 76.2 Å². The molecule has 38 heteroatoms. The van der Waals surface area contributed by atoms with E-state index in [2.05, 4.69) is 10.6 Å². The van der Waals surface area contributed by atoms with Crippen molar-refractivity contribution in [2.75, 3.05) is 80.1 Å². The lowest BCUT2D eigenvalue weighted by Gasteiger charge is -2.48. The Bertz CT molecular complexity index is 4640. The highest BCUT2D eigenvalue weighted by atomic mass is 16.7. The van der Waals surface area contributed by atoms with Crippen molar-refractivity contribution in [3.05, 3.63) is 144 Å². The molecule has 0 saturated carbocycles. The number of Topliss-reactive ketones (excluding diaryl/α,β-unsaturated/α-hetero) is 3. The summed E-state index contributed by atoms with van der Waals surface area (Å²) in [6.07, 6.45) is -3.92. The number of carbonyl (C=O) groups is 9. The highest BCUT2D eigenvalue weighted by molar-refractivity contribution is 6.00. The second kappa shape index (κ2) is 53.6. The zero-order chi connectivity index (χ0) is 97.3. The maximum absolute atomic E-state index is 14.9. The number of hydrogen-bond donors (Lipinski definition) is 9. The molecule has 6 fully saturated rings. The van der Waals surface area contributed by atoms with E-state index < -0.39 is 179 Å². The number of ether oxygens (including phenoxy) is 12. The van der Waals surface area contributed by atoms with Crippen molar-refractivity contribution in [3.63, 3.8) is 0 Å². The third-order valence-electron chi connectivity index (χ3n) is 27.9. The van der Waals surface area contributed by atoms with Crippen LogP contribution in [-0.4, -0.2) is 283 Å². The molecule has 4 aromatic rings. The van der Waals surface area contributed by atoms with Gasteiger partial charge in [0.15, 0.2) is 41.8 Å². The number of aliphatic hydroxyl groups excluding tert-OH is 1. The number of nitrogens with one attached hydrogen (secondary N) is 2. The highest BCUT2D eigenvalue weighted by Crippen LogP contribution is 2.47. The smallest absolute Gasteiger partial charge is 0.410 e. The number of carbonyl (C=O) groups excluding carboxylic acids is 9. The van der Waals surface area contributed by atoms with E-state index in [9.17, 15) is 48.3 Å². The van der Waals surface area contributed by atoms with E-state index in [1.54, 1.807) is 170 Å². The van der Waals surface area contributed by atoms with Crippen LogP contribution in [-0.2, 0) is 80.8 Å². The van der Waals surface area contributed by atoms with Gasteiger partial charge in [-0.25, -0.2) is 19.2 Å². The fourth-order valence-electron chi connectivity index (χ4n) is 20.3. The molecule has 0 aliphatic carbocycles. The molecule has 10 rings (SSSR count). The van der Waals surface area contributed by atoms with Gasteiger partial charge in [-0.15, -0.1) is 0 Å². The van der Waals surface area contributed by atoms with E-state index in [1.807, 2.05) is 103 Å². The molecule has 6 saturated heterocycles. The molecule has 4 aromatic carbocycles. The summed E-state index contributed by atoms with van der Waals surface area (Å²) < 4.78 is 76.6. The fraction of sp³-hybridized carbons (Fsp3) is 0.630. The van der Waals surface area contributed by atoms with Crippen LogP contribution in [0, 0.1) is 47.3 Å². The summed E-state index contributed by atoms with van der Waals surface area (Å²) in [5, 5.41) is 18.6. The first kappa shape index (κ1) is 122. The van der Waals surface area contributed by atoms with E-state index >= 15 is 0 Å². The van der Waals surface area contributed by atoms with Crippen LogP contribution in [0.3, 0.4) is 0 Å². The number of anilines is 2. The lowest BCUT2D eigenvalue weighted by molar-refractivity contribution is -0.300. The highest BCUT2D eigenvalue weighted by Gasteiger charge is 2.63. The van der Waals surface area contributed by atoms with Crippen LogP contribution in [0.2, 0.25) is 0 Å². The summed E-state index contributed by atoms with van der Waals surface area (Å²) in [4.78, 5) is 135. The van der Waals surface area contributed by atoms with Crippen LogP contribution < -0.4 is 45.9 Å². The van der Waals surface area contributed by atoms with Crippen LogP contribution >= 0.6 is 0 Å². The maximum Gasteiger partial charge on any atom is 0.410 e. The van der Waals surface area contributed by atoms with Crippen molar-refractivity contribution in [3.8, 4) is 0 Å². The molecule has 6 aliphatic heterocycles. The van der Waals surface area contributed by atoms with Crippen LogP contribution in [0.15, 0.2) is 122 Å².